The maximum atomic E-state index is 12.6. The van der Waals surface area contributed by atoms with Crippen LogP contribution in [-0.2, 0) is 4.74 Å². The van der Waals surface area contributed by atoms with Crippen molar-refractivity contribution in [3.8, 4) is 11.1 Å². The predicted molar refractivity (Wildman–Crippen MR) is 93.1 cm³/mol. The zero-order valence-corrected chi connectivity index (χ0v) is 13.2. The first-order valence-electron chi connectivity index (χ1n) is 8.11. The molecule has 0 aliphatic carbocycles. The van der Waals surface area contributed by atoms with E-state index in [0.717, 1.165) is 30.6 Å². The van der Waals surface area contributed by atoms with Crippen LogP contribution >= 0.6 is 0 Å². The van der Waals surface area contributed by atoms with Crippen LogP contribution in [0.15, 0.2) is 47.4 Å². The number of hydrogen-bond donors (Lipinski definition) is 2. The molecule has 6 heteroatoms. The quantitative estimate of drug-likeness (QED) is 0.772. The first kappa shape index (κ1) is 14.8. The molecule has 24 heavy (non-hydrogen) atoms. The molecule has 1 saturated heterocycles. The molecule has 1 aromatic carbocycles. The van der Waals surface area contributed by atoms with E-state index >= 15 is 0 Å². The van der Waals surface area contributed by atoms with Gasteiger partial charge < -0.3 is 10.1 Å². The summed E-state index contributed by atoms with van der Waals surface area (Å²) in [5.74, 6) is 0.431. The Morgan fingerprint density at radius 3 is 2.92 bits per heavy atom. The lowest BCUT2D eigenvalue weighted by Gasteiger charge is -2.11. The molecule has 1 fully saturated rings. The number of nitrogens with one attached hydrogen (secondary N) is 2. The number of aromatic nitrogens is 3. The number of hydrogen-bond acceptors (Lipinski definition) is 5. The molecule has 0 bridgehead atoms. The lowest BCUT2D eigenvalue weighted by molar-refractivity contribution is 0.120. The first-order chi connectivity index (χ1) is 11.8. The molecular formula is C18H18N4O2. The topological polar surface area (TPSA) is 79.9 Å². The van der Waals surface area contributed by atoms with E-state index in [2.05, 4.69) is 20.3 Å². The molecular weight excluding hydrogens is 304 g/mol. The van der Waals surface area contributed by atoms with Gasteiger partial charge in [-0.1, -0.05) is 30.3 Å². The zero-order valence-electron chi connectivity index (χ0n) is 13.2. The second-order valence-corrected chi connectivity index (χ2v) is 5.85. The van der Waals surface area contributed by atoms with Gasteiger partial charge in [-0.25, -0.2) is 4.98 Å². The Balaban J connectivity index is 1.70. The molecule has 0 saturated carbocycles. The Morgan fingerprint density at radius 1 is 1.25 bits per heavy atom. The number of nitrogens with zero attached hydrogens (tertiary/aromatic N) is 2. The van der Waals surface area contributed by atoms with Crippen molar-refractivity contribution < 1.29 is 4.74 Å². The van der Waals surface area contributed by atoms with Gasteiger partial charge in [-0.15, -0.1) is 0 Å². The summed E-state index contributed by atoms with van der Waals surface area (Å²) >= 11 is 0. The third-order valence-electron chi connectivity index (χ3n) is 4.21. The summed E-state index contributed by atoms with van der Waals surface area (Å²) < 4.78 is 5.57. The summed E-state index contributed by atoms with van der Waals surface area (Å²) in [5.41, 5.74) is 2.05. The van der Waals surface area contributed by atoms with Gasteiger partial charge in [-0.3, -0.25) is 9.78 Å². The standard InChI is InChI=1S/C18H18N4O2/c23-17-15-14(12-5-2-1-3-6-12)8-9-19-16(15)21-18(22-17)20-11-13-7-4-10-24-13/h1-3,5-6,8-9,13H,4,7,10-11H2,(H2,19,20,21,22,23). The van der Waals surface area contributed by atoms with E-state index in [1.54, 1.807) is 6.20 Å². The maximum absolute atomic E-state index is 12.6. The van der Waals surface area contributed by atoms with Crippen molar-refractivity contribution in [2.45, 2.75) is 18.9 Å². The van der Waals surface area contributed by atoms with Gasteiger partial charge in [0.1, 0.15) is 0 Å². The summed E-state index contributed by atoms with van der Waals surface area (Å²) in [6, 6.07) is 11.6. The Hall–Kier alpha value is -2.73. The fourth-order valence-corrected chi connectivity index (χ4v) is 3.02. The molecule has 122 valence electrons. The number of ether oxygens (including phenoxy) is 1. The van der Waals surface area contributed by atoms with E-state index in [-0.39, 0.29) is 11.7 Å². The molecule has 1 atom stereocenters. The fourth-order valence-electron chi connectivity index (χ4n) is 3.02. The molecule has 0 spiro atoms. The van der Waals surface area contributed by atoms with Crippen molar-refractivity contribution >= 4 is 17.0 Å². The molecule has 1 unspecified atom stereocenters. The number of benzene rings is 1. The predicted octanol–water partition coefficient (Wildman–Crippen LogP) is 2.58. The van der Waals surface area contributed by atoms with E-state index in [4.69, 9.17) is 4.74 Å². The highest BCUT2D eigenvalue weighted by atomic mass is 16.5. The highest BCUT2D eigenvalue weighted by molar-refractivity contribution is 5.92. The Bertz CT molecular complexity index is 902. The summed E-state index contributed by atoms with van der Waals surface area (Å²) in [6.45, 7) is 1.43. The van der Waals surface area contributed by atoms with Gasteiger partial charge in [-0.2, -0.15) is 4.98 Å². The largest absolute Gasteiger partial charge is 0.376 e. The van der Waals surface area contributed by atoms with Crippen LogP contribution in [0.5, 0.6) is 0 Å². The number of H-pyrrole nitrogens is 1. The molecule has 1 aliphatic heterocycles. The average molecular weight is 322 g/mol. The van der Waals surface area contributed by atoms with Gasteiger partial charge in [0.25, 0.3) is 5.56 Å². The zero-order chi connectivity index (χ0) is 16.4. The first-order valence-corrected chi connectivity index (χ1v) is 8.11. The average Bonchev–Trinajstić information content (AvgIpc) is 3.14. The van der Waals surface area contributed by atoms with E-state index in [9.17, 15) is 4.79 Å². The van der Waals surface area contributed by atoms with E-state index in [1.165, 1.54) is 0 Å². The highest BCUT2D eigenvalue weighted by Gasteiger charge is 2.16. The molecule has 2 aromatic heterocycles. The Morgan fingerprint density at radius 2 is 2.12 bits per heavy atom. The third-order valence-corrected chi connectivity index (χ3v) is 4.21. The molecule has 3 aromatic rings. The maximum Gasteiger partial charge on any atom is 0.262 e. The van der Waals surface area contributed by atoms with E-state index in [0.29, 0.717) is 23.5 Å². The van der Waals surface area contributed by atoms with Crippen LogP contribution in [0.1, 0.15) is 12.8 Å². The number of aromatic amines is 1. The second kappa shape index (κ2) is 6.41. The van der Waals surface area contributed by atoms with Crippen LogP contribution in [0, 0.1) is 0 Å². The summed E-state index contributed by atoms with van der Waals surface area (Å²) in [4.78, 5) is 24.1. The van der Waals surface area contributed by atoms with Gasteiger partial charge in [0.2, 0.25) is 5.95 Å². The summed E-state index contributed by atoms with van der Waals surface area (Å²) in [6.07, 6.45) is 3.97. The van der Waals surface area contributed by atoms with Gasteiger partial charge in [-0.05, 0) is 30.0 Å². The Labute approximate surface area is 138 Å². The number of anilines is 1. The molecule has 0 amide bonds. The van der Waals surface area contributed by atoms with Gasteiger partial charge in [0.05, 0.1) is 11.5 Å². The normalized spacial score (nSPS) is 17.2. The SMILES string of the molecule is O=c1[nH]c(NCC2CCCO2)nc2nccc(-c3ccccc3)c12. The Kier molecular flexibility index (Phi) is 3.96. The fraction of sp³-hybridized carbons (Fsp3) is 0.278. The van der Waals surface area contributed by atoms with Crippen molar-refractivity contribution in [1.82, 2.24) is 15.0 Å². The minimum absolute atomic E-state index is 0.176. The minimum atomic E-state index is -0.193. The van der Waals surface area contributed by atoms with Crippen LogP contribution in [0.4, 0.5) is 5.95 Å². The van der Waals surface area contributed by atoms with Gasteiger partial charge in [0, 0.05) is 19.3 Å². The van der Waals surface area contributed by atoms with Crippen LogP contribution in [0.25, 0.3) is 22.2 Å². The van der Waals surface area contributed by atoms with E-state index < -0.39 is 0 Å². The number of pyridine rings is 1. The minimum Gasteiger partial charge on any atom is -0.376 e. The van der Waals surface area contributed by atoms with Crippen LogP contribution in [0.3, 0.4) is 0 Å². The monoisotopic (exact) mass is 322 g/mol. The van der Waals surface area contributed by atoms with E-state index in [1.807, 2.05) is 36.4 Å². The molecule has 1 aliphatic rings. The number of rotatable bonds is 4. The van der Waals surface area contributed by atoms with Crippen molar-refractivity contribution in [1.29, 1.82) is 0 Å². The third kappa shape index (κ3) is 2.88. The molecule has 6 nitrogen and oxygen atoms in total. The van der Waals surface area contributed by atoms with Crippen molar-refractivity contribution in [2.75, 3.05) is 18.5 Å². The summed E-state index contributed by atoms with van der Waals surface area (Å²) in [5, 5.41) is 3.65. The van der Waals surface area contributed by atoms with Crippen LogP contribution < -0.4 is 10.9 Å². The number of fused-ring (bicyclic) bond motifs is 1. The molecule has 0 radical (unpaired) electrons. The molecule has 2 N–H and O–H groups in total. The van der Waals surface area contributed by atoms with Crippen LogP contribution in [0.2, 0.25) is 0 Å². The van der Waals surface area contributed by atoms with Gasteiger partial charge >= 0.3 is 0 Å². The molecule has 3 heterocycles. The van der Waals surface area contributed by atoms with Crippen molar-refractivity contribution in [2.24, 2.45) is 0 Å². The highest BCUT2D eigenvalue weighted by Crippen LogP contribution is 2.24. The van der Waals surface area contributed by atoms with Crippen LogP contribution in [-0.4, -0.2) is 34.2 Å². The second-order valence-electron chi connectivity index (χ2n) is 5.85. The lowest BCUT2D eigenvalue weighted by atomic mass is 10.0. The van der Waals surface area contributed by atoms with Gasteiger partial charge in [0.15, 0.2) is 5.65 Å². The van der Waals surface area contributed by atoms with Crippen molar-refractivity contribution in [3.63, 3.8) is 0 Å². The van der Waals surface area contributed by atoms with Crippen molar-refractivity contribution in [3.05, 3.63) is 52.9 Å². The smallest absolute Gasteiger partial charge is 0.262 e. The summed E-state index contributed by atoms with van der Waals surface area (Å²) in [7, 11) is 0. The lowest BCUT2D eigenvalue weighted by Crippen LogP contribution is -2.22. The molecule has 4 rings (SSSR count).